The number of nitrogens with zero attached hydrogens (tertiary/aromatic N) is 6. The number of carbonyl (C=O) groups excluding carboxylic acids is 1. The fraction of sp³-hybridized carbons (Fsp3) is 0.452. The number of imidazole rings is 1. The van der Waals surface area contributed by atoms with Crippen LogP contribution in [0.15, 0.2) is 48.5 Å². The van der Waals surface area contributed by atoms with E-state index in [1.807, 2.05) is 69.6 Å². The van der Waals surface area contributed by atoms with Gasteiger partial charge in [-0.25, -0.2) is 14.5 Å². The smallest absolute Gasteiger partial charge is 0.410 e. The molecule has 1 saturated heterocycles. The summed E-state index contributed by atoms with van der Waals surface area (Å²) in [5, 5.41) is 7.50. The van der Waals surface area contributed by atoms with Gasteiger partial charge in [0.05, 0.1) is 50.3 Å². The number of hydrogen-bond acceptors (Lipinski definition) is 9. The zero-order valence-corrected chi connectivity index (χ0v) is 26.6. The largest absolute Gasteiger partial charge is 0.493 e. The second-order valence-corrected chi connectivity index (χ2v) is 10.6. The van der Waals surface area contributed by atoms with Crippen molar-refractivity contribution in [3.8, 4) is 22.9 Å². The Kier molecular flexibility index (Phi) is 11.2. The molecule has 12 nitrogen and oxygen atoms in total. The lowest BCUT2D eigenvalue weighted by molar-refractivity contribution is 0.0137. The van der Waals surface area contributed by atoms with Crippen LogP contribution in [0, 0.1) is 0 Å². The maximum absolute atomic E-state index is 12.4. The highest BCUT2D eigenvalue weighted by molar-refractivity contribution is 5.72. The zero-order valence-electron chi connectivity index (χ0n) is 26.6. The van der Waals surface area contributed by atoms with E-state index in [0.29, 0.717) is 48.4 Å². The van der Waals surface area contributed by atoms with Crippen LogP contribution in [-0.2, 0) is 11.3 Å². The van der Waals surface area contributed by atoms with Crippen molar-refractivity contribution in [3.63, 3.8) is 0 Å². The SMILES string of the molecule is C=Nn1c(CN2CCN(C(=O)OC(C)(C)C)CC2)ccc1C(=C)Nc1cn(-c2cc(OC)c(OC)c(OC)c2)cn1.CC. The summed E-state index contributed by atoms with van der Waals surface area (Å²) >= 11 is 0. The summed E-state index contributed by atoms with van der Waals surface area (Å²) in [6.45, 7) is 20.9. The molecule has 12 heteroatoms. The van der Waals surface area contributed by atoms with Crippen molar-refractivity contribution in [1.82, 2.24) is 24.0 Å². The molecular formula is C31H45N7O5. The average molecular weight is 596 g/mol. The van der Waals surface area contributed by atoms with Gasteiger partial charge >= 0.3 is 6.09 Å². The molecule has 0 radical (unpaired) electrons. The lowest BCUT2D eigenvalue weighted by Gasteiger charge is -2.35. The molecule has 1 aliphatic heterocycles. The summed E-state index contributed by atoms with van der Waals surface area (Å²) in [5.74, 6) is 2.20. The van der Waals surface area contributed by atoms with Gasteiger partial charge in [-0.2, -0.15) is 5.10 Å². The molecule has 0 atom stereocenters. The van der Waals surface area contributed by atoms with E-state index >= 15 is 0 Å². The van der Waals surface area contributed by atoms with Gasteiger partial charge in [0, 0.05) is 51.6 Å². The third kappa shape index (κ3) is 8.10. The fourth-order valence-electron chi connectivity index (χ4n) is 4.59. The molecule has 1 aromatic carbocycles. The van der Waals surface area contributed by atoms with Crippen molar-refractivity contribution < 1.29 is 23.7 Å². The minimum atomic E-state index is -0.508. The van der Waals surface area contributed by atoms with E-state index in [4.69, 9.17) is 18.9 Å². The Morgan fingerprint density at radius 2 is 1.65 bits per heavy atom. The summed E-state index contributed by atoms with van der Waals surface area (Å²) < 4.78 is 25.5. The van der Waals surface area contributed by atoms with Crippen LogP contribution in [0.2, 0.25) is 0 Å². The van der Waals surface area contributed by atoms with Crippen molar-refractivity contribution >= 4 is 24.3 Å². The van der Waals surface area contributed by atoms with Crippen LogP contribution in [0.1, 0.15) is 46.0 Å². The van der Waals surface area contributed by atoms with E-state index in [9.17, 15) is 4.79 Å². The molecule has 4 rings (SSSR count). The molecule has 2 aromatic heterocycles. The number of benzene rings is 1. The van der Waals surface area contributed by atoms with Gasteiger partial charge in [-0.3, -0.25) is 4.90 Å². The number of amides is 1. The number of carbonyl (C=O) groups is 1. The number of piperazine rings is 1. The number of anilines is 1. The highest BCUT2D eigenvalue weighted by Gasteiger charge is 2.26. The molecule has 0 bridgehead atoms. The van der Waals surface area contributed by atoms with Crippen molar-refractivity contribution in [2.24, 2.45) is 5.10 Å². The number of methoxy groups -OCH3 is 3. The van der Waals surface area contributed by atoms with E-state index in [1.54, 1.807) is 37.2 Å². The molecule has 1 N–H and O–H groups in total. The Hall–Kier alpha value is -4.45. The van der Waals surface area contributed by atoms with Crippen molar-refractivity contribution in [3.05, 3.63) is 54.8 Å². The maximum atomic E-state index is 12.4. The van der Waals surface area contributed by atoms with Crippen LogP contribution < -0.4 is 19.5 Å². The zero-order chi connectivity index (χ0) is 31.7. The molecule has 0 aliphatic carbocycles. The Morgan fingerprint density at radius 3 is 2.19 bits per heavy atom. The minimum Gasteiger partial charge on any atom is -0.493 e. The first kappa shape index (κ1) is 33.1. The van der Waals surface area contributed by atoms with E-state index in [0.717, 1.165) is 30.2 Å². The standard InChI is InChI=1S/C29H39N7O5.C2H6/c1-20(32-26-18-35(19-31-26)22-15-24(38-6)27(40-8)25(16-22)39-7)23-10-9-21(36(23)30-5)17-33-11-13-34(14-12-33)28(37)41-29(2,3)4;1-2/h9-10,15-16,18-19,32H,1,5,11-14,17H2,2-4,6-8H3;1-2H3. The normalized spacial score (nSPS) is 13.4. The van der Waals surface area contributed by atoms with Gasteiger partial charge in [-0.05, 0) is 32.9 Å². The van der Waals surface area contributed by atoms with Crippen molar-refractivity contribution in [1.29, 1.82) is 0 Å². The Labute approximate surface area is 254 Å². The number of ether oxygens (including phenoxy) is 4. The summed E-state index contributed by atoms with van der Waals surface area (Å²) in [6.07, 6.45) is 3.25. The second-order valence-electron chi connectivity index (χ2n) is 10.6. The molecule has 1 aliphatic rings. The molecule has 3 heterocycles. The first-order valence-electron chi connectivity index (χ1n) is 14.3. The topological polar surface area (TPSA) is 108 Å². The van der Waals surface area contributed by atoms with Crippen LogP contribution in [-0.4, -0.2) is 89.9 Å². The number of rotatable bonds is 10. The fourth-order valence-corrected chi connectivity index (χ4v) is 4.59. The van der Waals surface area contributed by atoms with Crippen LogP contribution in [0.3, 0.4) is 0 Å². The number of hydrogen-bond donors (Lipinski definition) is 1. The molecule has 0 saturated carbocycles. The van der Waals surface area contributed by atoms with Gasteiger partial charge in [0.25, 0.3) is 0 Å². The molecule has 3 aromatic rings. The van der Waals surface area contributed by atoms with Crippen LogP contribution in [0.25, 0.3) is 11.4 Å². The van der Waals surface area contributed by atoms with Crippen LogP contribution >= 0.6 is 0 Å². The van der Waals surface area contributed by atoms with Crippen molar-refractivity contribution in [2.75, 3.05) is 52.8 Å². The molecule has 1 amide bonds. The lowest BCUT2D eigenvalue weighted by atomic mass is 10.2. The predicted molar refractivity (Wildman–Crippen MR) is 170 cm³/mol. The van der Waals surface area contributed by atoms with E-state index < -0.39 is 5.60 Å². The van der Waals surface area contributed by atoms with Gasteiger partial charge in [-0.1, -0.05) is 20.4 Å². The quantitative estimate of drug-likeness (QED) is 0.314. The van der Waals surface area contributed by atoms with Gasteiger partial charge < -0.3 is 33.7 Å². The van der Waals surface area contributed by atoms with E-state index in [2.05, 4.69) is 33.6 Å². The lowest BCUT2D eigenvalue weighted by Crippen LogP contribution is -2.49. The molecular weight excluding hydrogens is 550 g/mol. The first-order valence-corrected chi connectivity index (χ1v) is 14.3. The third-order valence-corrected chi connectivity index (χ3v) is 6.60. The molecule has 43 heavy (non-hydrogen) atoms. The van der Waals surface area contributed by atoms with Crippen molar-refractivity contribution in [2.45, 2.75) is 46.8 Å². The Morgan fingerprint density at radius 1 is 1.02 bits per heavy atom. The Balaban J connectivity index is 0.00000248. The highest BCUT2D eigenvalue weighted by atomic mass is 16.6. The highest BCUT2D eigenvalue weighted by Crippen LogP contribution is 2.39. The van der Waals surface area contributed by atoms with E-state index in [-0.39, 0.29) is 6.09 Å². The molecule has 0 spiro atoms. The van der Waals surface area contributed by atoms with Gasteiger partial charge in [0.1, 0.15) is 17.7 Å². The Bertz CT molecular complexity index is 1370. The molecule has 0 unspecified atom stereocenters. The predicted octanol–water partition coefficient (Wildman–Crippen LogP) is 5.33. The van der Waals surface area contributed by atoms with Crippen LogP contribution in [0.4, 0.5) is 10.6 Å². The van der Waals surface area contributed by atoms with Gasteiger partial charge in [0.2, 0.25) is 5.75 Å². The third-order valence-electron chi connectivity index (χ3n) is 6.60. The summed E-state index contributed by atoms with van der Waals surface area (Å²) in [7, 11) is 4.72. The maximum Gasteiger partial charge on any atom is 0.410 e. The van der Waals surface area contributed by atoms with Gasteiger partial charge in [-0.15, -0.1) is 0 Å². The summed E-state index contributed by atoms with van der Waals surface area (Å²) in [4.78, 5) is 20.9. The summed E-state index contributed by atoms with van der Waals surface area (Å²) in [6, 6.07) is 7.64. The first-order chi connectivity index (χ1) is 20.6. The molecule has 234 valence electrons. The van der Waals surface area contributed by atoms with Gasteiger partial charge in [0.15, 0.2) is 11.5 Å². The average Bonchev–Trinajstić information content (AvgIpc) is 3.63. The monoisotopic (exact) mass is 595 g/mol. The number of aromatic nitrogens is 3. The van der Waals surface area contributed by atoms with E-state index in [1.165, 1.54) is 0 Å². The number of nitrogens with one attached hydrogen (secondary N) is 1. The summed E-state index contributed by atoms with van der Waals surface area (Å²) in [5.41, 5.74) is 2.63. The minimum absolute atomic E-state index is 0.273. The second kappa shape index (κ2) is 14.6. The molecule has 1 fully saturated rings. The van der Waals surface area contributed by atoms with Crippen LogP contribution in [0.5, 0.6) is 17.2 Å².